The first-order valence-corrected chi connectivity index (χ1v) is 6.32. The minimum Gasteiger partial charge on any atom is -0.463 e. The molecule has 0 radical (unpaired) electrons. The highest BCUT2D eigenvalue weighted by molar-refractivity contribution is 5.90. The smallest absolute Gasteiger partial charge is 0.337 e. The lowest BCUT2D eigenvalue weighted by Gasteiger charge is -2.14. The maximum Gasteiger partial charge on any atom is 0.337 e. The Bertz CT molecular complexity index is 550. The van der Waals surface area contributed by atoms with Gasteiger partial charge in [-0.25, -0.2) is 4.79 Å². The van der Waals surface area contributed by atoms with Crippen LogP contribution >= 0.6 is 0 Å². The van der Waals surface area contributed by atoms with E-state index in [0.29, 0.717) is 11.1 Å². The second kappa shape index (κ2) is 7.93. The summed E-state index contributed by atoms with van der Waals surface area (Å²) in [7, 11) is 0. The number of ether oxygens (including phenoxy) is 1. The van der Waals surface area contributed by atoms with Crippen LogP contribution in [0.25, 0.3) is 0 Å². The predicted octanol–water partition coefficient (Wildman–Crippen LogP) is 2.66. The van der Waals surface area contributed by atoms with E-state index in [1.165, 1.54) is 6.08 Å². The molecule has 1 aromatic rings. The van der Waals surface area contributed by atoms with Crippen LogP contribution in [-0.4, -0.2) is 17.7 Å². The number of allylic oxidation sites excluding steroid dienone is 3. The van der Waals surface area contributed by atoms with E-state index in [9.17, 15) is 9.90 Å². The van der Waals surface area contributed by atoms with Crippen molar-refractivity contribution in [2.24, 2.45) is 0 Å². The molecule has 20 heavy (non-hydrogen) atoms. The normalized spacial score (nSPS) is 13.0. The molecule has 0 fully saturated rings. The highest BCUT2D eigenvalue weighted by Gasteiger charge is 2.21. The lowest BCUT2D eigenvalue weighted by Crippen LogP contribution is -2.14. The third-order valence-corrected chi connectivity index (χ3v) is 2.63. The van der Waals surface area contributed by atoms with Crippen LogP contribution in [0.15, 0.2) is 48.1 Å². The molecule has 1 unspecified atom stereocenters. The molecule has 0 saturated carbocycles. The molecular weight excluding hydrogens is 254 g/mol. The monoisotopic (exact) mass is 271 g/mol. The van der Waals surface area contributed by atoms with Crippen molar-refractivity contribution in [3.05, 3.63) is 59.2 Å². The zero-order chi connectivity index (χ0) is 15.0. The molecule has 1 rings (SSSR count). The Labute approximate surface area is 118 Å². The molecule has 4 heteroatoms. The molecule has 0 spiro atoms. The molecule has 0 saturated heterocycles. The van der Waals surface area contributed by atoms with Crippen LogP contribution in [0.1, 0.15) is 31.1 Å². The Kier molecular flexibility index (Phi) is 6.21. The van der Waals surface area contributed by atoms with Gasteiger partial charge >= 0.3 is 5.97 Å². The lowest BCUT2D eigenvalue weighted by atomic mass is 10.00. The average molecular weight is 271 g/mol. The summed E-state index contributed by atoms with van der Waals surface area (Å²) in [5.41, 5.74) is 1.19. The van der Waals surface area contributed by atoms with Gasteiger partial charge in [-0.3, -0.25) is 0 Å². The van der Waals surface area contributed by atoms with Crippen LogP contribution in [0.2, 0.25) is 0 Å². The van der Waals surface area contributed by atoms with Crippen LogP contribution in [0.3, 0.4) is 0 Å². The number of nitrogens with zero attached hydrogens (tertiary/aromatic N) is 1. The van der Waals surface area contributed by atoms with Gasteiger partial charge < -0.3 is 9.84 Å². The summed E-state index contributed by atoms with van der Waals surface area (Å²) in [5, 5.41) is 19.0. The summed E-state index contributed by atoms with van der Waals surface area (Å²) < 4.78 is 4.94. The average Bonchev–Trinajstić information content (AvgIpc) is 2.48. The van der Waals surface area contributed by atoms with Crippen molar-refractivity contribution in [1.82, 2.24) is 0 Å². The number of aliphatic hydroxyl groups excluding tert-OH is 1. The van der Waals surface area contributed by atoms with Crippen LogP contribution in [0.5, 0.6) is 0 Å². The number of aliphatic hydroxyl groups is 1. The second-order valence-corrected chi connectivity index (χ2v) is 4.00. The number of hydrogen-bond donors (Lipinski definition) is 1. The molecule has 0 aromatic heterocycles. The van der Waals surface area contributed by atoms with Gasteiger partial charge in [0.1, 0.15) is 6.10 Å². The maximum absolute atomic E-state index is 11.9. The molecule has 1 aromatic carbocycles. The Morgan fingerprint density at radius 1 is 1.45 bits per heavy atom. The Balaban J connectivity index is 3.06. The van der Waals surface area contributed by atoms with Crippen molar-refractivity contribution in [3.63, 3.8) is 0 Å². The zero-order valence-corrected chi connectivity index (χ0v) is 11.5. The van der Waals surface area contributed by atoms with Crippen molar-refractivity contribution in [2.75, 3.05) is 6.61 Å². The van der Waals surface area contributed by atoms with E-state index in [4.69, 9.17) is 10.00 Å². The van der Waals surface area contributed by atoms with E-state index >= 15 is 0 Å². The Morgan fingerprint density at radius 3 is 2.60 bits per heavy atom. The molecule has 0 heterocycles. The van der Waals surface area contributed by atoms with Gasteiger partial charge in [-0.2, -0.15) is 5.26 Å². The van der Waals surface area contributed by atoms with Gasteiger partial charge in [0.2, 0.25) is 0 Å². The first-order chi connectivity index (χ1) is 9.63. The van der Waals surface area contributed by atoms with E-state index in [1.54, 1.807) is 43.3 Å². The largest absolute Gasteiger partial charge is 0.463 e. The summed E-state index contributed by atoms with van der Waals surface area (Å²) in [6, 6.07) is 8.42. The van der Waals surface area contributed by atoms with Gasteiger partial charge in [-0.05, 0) is 37.6 Å². The van der Waals surface area contributed by atoms with E-state index in [1.807, 2.05) is 13.0 Å². The number of carbonyl (C=O) groups excluding carboxylic acids is 1. The highest BCUT2D eigenvalue weighted by Crippen LogP contribution is 2.23. The van der Waals surface area contributed by atoms with Gasteiger partial charge in [-0.15, -0.1) is 0 Å². The first-order valence-electron chi connectivity index (χ1n) is 6.32. The van der Waals surface area contributed by atoms with Gasteiger partial charge in [-0.1, -0.05) is 24.3 Å². The summed E-state index contributed by atoms with van der Waals surface area (Å²) in [6.07, 6.45) is 3.86. The lowest BCUT2D eigenvalue weighted by molar-refractivity contribution is -0.139. The van der Waals surface area contributed by atoms with Crippen LogP contribution in [0.4, 0.5) is 0 Å². The van der Waals surface area contributed by atoms with E-state index in [-0.39, 0.29) is 12.2 Å². The van der Waals surface area contributed by atoms with E-state index < -0.39 is 12.1 Å². The SMILES string of the molecule is C/C=C\C=C(\C(=O)OCC)C(O)c1ccc(C#N)cc1. The number of hydrogen-bond acceptors (Lipinski definition) is 4. The summed E-state index contributed by atoms with van der Waals surface area (Å²) >= 11 is 0. The van der Waals surface area contributed by atoms with Crippen molar-refractivity contribution < 1.29 is 14.6 Å². The zero-order valence-electron chi connectivity index (χ0n) is 11.5. The molecule has 0 amide bonds. The maximum atomic E-state index is 11.9. The standard InChI is InChI=1S/C16H17NO3/c1-3-5-6-14(16(19)20-4-2)15(18)13-9-7-12(11-17)8-10-13/h3,5-10,15,18H,4H2,1-2H3/b5-3-,14-6+. The molecule has 104 valence electrons. The fourth-order valence-corrected chi connectivity index (χ4v) is 1.60. The fraction of sp³-hybridized carbons (Fsp3) is 0.250. The Morgan fingerprint density at radius 2 is 2.10 bits per heavy atom. The number of carbonyl (C=O) groups is 1. The van der Waals surface area contributed by atoms with Crippen molar-refractivity contribution in [2.45, 2.75) is 20.0 Å². The molecule has 0 aliphatic rings. The molecule has 1 atom stereocenters. The molecule has 0 aliphatic carbocycles. The van der Waals surface area contributed by atoms with E-state index in [2.05, 4.69) is 0 Å². The van der Waals surface area contributed by atoms with E-state index in [0.717, 1.165) is 0 Å². The van der Waals surface area contributed by atoms with Crippen LogP contribution in [-0.2, 0) is 9.53 Å². The minimum absolute atomic E-state index is 0.162. The van der Waals surface area contributed by atoms with Crippen LogP contribution < -0.4 is 0 Å². The first kappa shape index (κ1) is 15.7. The van der Waals surface area contributed by atoms with Gasteiger partial charge in [0.05, 0.1) is 23.8 Å². The number of rotatable bonds is 5. The Hall–Kier alpha value is -2.38. The van der Waals surface area contributed by atoms with Crippen LogP contribution in [0, 0.1) is 11.3 Å². The minimum atomic E-state index is -1.09. The molecule has 4 nitrogen and oxygen atoms in total. The third kappa shape index (κ3) is 4.08. The summed E-state index contributed by atoms with van der Waals surface area (Å²) in [4.78, 5) is 11.9. The number of benzene rings is 1. The summed E-state index contributed by atoms with van der Waals surface area (Å²) in [6.45, 7) is 3.76. The molecule has 0 bridgehead atoms. The molecular formula is C16H17NO3. The fourth-order valence-electron chi connectivity index (χ4n) is 1.60. The summed E-state index contributed by atoms with van der Waals surface area (Å²) in [5.74, 6) is -0.553. The quantitative estimate of drug-likeness (QED) is 0.508. The number of nitriles is 1. The molecule has 1 N–H and O–H groups in total. The predicted molar refractivity (Wildman–Crippen MR) is 75.6 cm³/mol. The van der Waals surface area contributed by atoms with Gasteiger partial charge in [0.25, 0.3) is 0 Å². The van der Waals surface area contributed by atoms with Crippen molar-refractivity contribution in [3.8, 4) is 6.07 Å². The third-order valence-electron chi connectivity index (χ3n) is 2.63. The van der Waals surface area contributed by atoms with Crippen molar-refractivity contribution >= 4 is 5.97 Å². The second-order valence-electron chi connectivity index (χ2n) is 4.00. The van der Waals surface area contributed by atoms with Crippen molar-refractivity contribution in [1.29, 1.82) is 5.26 Å². The van der Waals surface area contributed by atoms with Gasteiger partial charge in [0, 0.05) is 0 Å². The molecule has 0 aliphatic heterocycles. The topological polar surface area (TPSA) is 70.3 Å². The van der Waals surface area contributed by atoms with Gasteiger partial charge in [0.15, 0.2) is 0 Å². The number of esters is 1. The highest BCUT2D eigenvalue weighted by atomic mass is 16.5.